The van der Waals surface area contributed by atoms with Crippen molar-refractivity contribution in [3.8, 4) is 0 Å². The van der Waals surface area contributed by atoms with Crippen molar-refractivity contribution < 1.29 is 9.53 Å². The standard InChI is InChI=1S/C17H27N3O2/c1-12-6-5-7-14(11-20(2)3)17(12,22-4)13-8-9-19-15(10-13)16(18)21/h8-10,12,14H,5-7,11H2,1-4H3,(H2,18,21). The maximum absolute atomic E-state index is 11.5. The zero-order valence-corrected chi connectivity index (χ0v) is 14.0. The Morgan fingerprint density at radius 2 is 2.23 bits per heavy atom. The Hall–Kier alpha value is -1.46. The van der Waals surface area contributed by atoms with Crippen LogP contribution in [0.25, 0.3) is 0 Å². The molecule has 1 saturated carbocycles. The van der Waals surface area contributed by atoms with Crippen molar-refractivity contribution in [1.29, 1.82) is 0 Å². The van der Waals surface area contributed by atoms with E-state index in [4.69, 9.17) is 10.5 Å². The zero-order valence-electron chi connectivity index (χ0n) is 14.0. The molecule has 1 aromatic rings. The third-order valence-electron chi connectivity index (χ3n) is 4.92. The van der Waals surface area contributed by atoms with Crippen molar-refractivity contribution in [3.05, 3.63) is 29.6 Å². The molecule has 0 bridgehead atoms. The molecule has 3 atom stereocenters. The van der Waals surface area contributed by atoms with E-state index in [2.05, 4.69) is 30.9 Å². The van der Waals surface area contributed by atoms with E-state index in [0.717, 1.165) is 24.9 Å². The highest BCUT2D eigenvalue weighted by molar-refractivity contribution is 5.90. The molecule has 22 heavy (non-hydrogen) atoms. The molecule has 5 nitrogen and oxygen atoms in total. The predicted octanol–water partition coefficient (Wildman–Crippen LogP) is 2.02. The van der Waals surface area contributed by atoms with Gasteiger partial charge in [0.1, 0.15) is 5.69 Å². The molecule has 0 aliphatic heterocycles. The maximum Gasteiger partial charge on any atom is 0.267 e. The molecule has 1 aromatic heterocycles. The molecule has 2 rings (SSSR count). The van der Waals surface area contributed by atoms with Crippen LogP contribution in [0.4, 0.5) is 0 Å². The lowest BCUT2D eigenvalue weighted by molar-refractivity contribution is -0.130. The van der Waals surface area contributed by atoms with Gasteiger partial charge in [-0.25, -0.2) is 0 Å². The summed E-state index contributed by atoms with van der Waals surface area (Å²) >= 11 is 0. The average molecular weight is 305 g/mol. The average Bonchev–Trinajstić information content (AvgIpc) is 2.47. The third-order valence-corrected chi connectivity index (χ3v) is 4.92. The second-order valence-electron chi connectivity index (χ2n) is 6.58. The normalized spacial score (nSPS) is 28.8. The van der Waals surface area contributed by atoms with Crippen LogP contribution in [0.15, 0.2) is 18.3 Å². The van der Waals surface area contributed by atoms with Crippen molar-refractivity contribution >= 4 is 5.91 Å². The molecule has 0 saturated heterocycles. The van der Waals surface area contributed by atoms with Gasteiger partial charge in [0.2, 0.25) is 0 Å². The minimum absolute atomic E-state index is 0.301. The summed E-state index contributed by atoms with van der Waals surface area (Å²) in [6.07, 6.45) is 5.10. The molecule has 1 heterocycles. The third kappa shape index (κ3) is 3.01. The Labute approximate surface area is 132 Å². The number of amides is 1. The smallest absolute Gasteiger partial charge is 0.267 e. The van der Waals surface area contributed by atoms with Gasteiger partial charge in [-0.05, 0) is 50.6 Å². The molecule has 1 aliphatic rings. The van der Waals surface area contributed by atoms with Gasteiger partial charge in [0.15, 0.2) is 0 Å². The van der Waals surface area contributed by atoms with E-state index in [-0.39, 0.29) is 0 Å². The molecule has 0 spiro atoms. The van der Waals surface area contributed by atoms with E-state index >= 15 is 0 Å². The molecule has 122 valence electrons. The quantitative estimate of drug-likeness (QED) is 0.903. The number of hydrogen-bond acceptors (Lipinski definition) is 4. The van der Waals surface area contributed by atoms with Crippen molar-refractivity contribution in [2.45, 2.75) is 31.8 Å². The van der Waals surface area contributed by atoms with E-state index in [1.807, 2.05) is 6.07 Å². The van der Waals surface area contributed by atoms with Crippen LogP contribution in [-0.4, -0.2) is 43.5 Å². The first-order chi connectivity index (χ1) is 10.4. The molecule has 0 radical (unpaired) electrons. The van der Waals surface area contributed by atoms with Gasteiger partial charge in [0.05, 0.1) is 5.60 Å². The zero-order chi connectivity index (χ0) is 16.3. The van der Waals surface area contributed by atoms with Gasteiger partial charge in [-0.2, -0.15) is 0 Å². The largest absolute Gasteiger partial charge is 0.373 e. The molecule has 2 N–H and O–H groups in total. The van der Waals surface area contributed by atoms with Crippen LogP contribution < -0.4 is 5.73 Å². The Bertz CT molecular complexity index is 532. The number of methoxy groups -OCH3 is 1. The molecule has 1 fully saturated rings. The summed E-state index contributed by atoms with van der Waals surface area (Å²) in [4.78, 5) is 17.8. The van der Waals surface area contributed by atoms with Gasteiger partial charge in [0, 0.05) is 25.8 Å². The summed E-state index contributed by atoms with van der Waals surface area (Å²) in [5.41, 5.74) is 6.32. The first kappa shape index (κ1) is 16.9. The Kier molecular flexibility index (Phi) is 5.19. The highest BCUT2D eigenvalue weighted by Gasteiger charge is 2.47. The molecule has 3 unspecified atom stereocenters. The second-order valence-corrected chi connectivity index (χ2v) is 6.58. The highest BCUT2D eigenvalue weighted by Crippen LogP contribution is 2.48. The van der Waals surface area contributed by atoms with Crippen molar-refractivity contribution in [1.82, 2.24) is 9.88 Å². The molecule has 1 aliphatic carbocycles. The summed E-state index contributed by atoms with van der Waals surface area (Å²) in [5, 5.41) is 0. The number of pyridine rings is 1. The van der Waals surface area contributed by atoms with Crippen molar-refractivity contribution in [3.63, 3.8) is 0 Å². The van der Waals surface area contributed by atoms with Gasteiger partial charge < -0.3 is 15.4 Å². The molecule has 0 aromatic carbocycles. The fraction of sp³-hybridized carbons (Fsp3) is 0.647. The van der Waals surface area contributed by atoms with Crippen LogP contribution in [0.1, 0.15) is 42.2 Å². The summed E-state index contributed by atoms with van der Waals surface area (Å²) in [6.45, 7) is 3.18. The summed E-state index contributed by atoms with van der Waals surface area (Å²) in [7, 11) is 5.94. The first-order valence-corrected chi connectivity index (χ1v) is 7.88. The number of rotatable bonds is 5. The summed E-state index contributed by atoms with van der Waals surface area (Å²) in [6, 6.07) is 3.76. The minimum atomic E-state index is -0.499. The SMILES string of the molecule is COC1(c2ccnc(C(N)=O)c2)C(C)CCCC1CN(C)C. The predicted molar refractivity (Wildman–Crippen MR) is 86.5 cm³/mol. The second kappa shape index (κ2) is 6.75. The van der Waals surface area contributed by atoms with Crippen LogP contribution in [-0.2, 0) is 10.3 Å². The van der Waals surface area contributed by atoms with Crippen LogP contribution in [0, 0.1) is 11.8 Å². The number of nitrogens with two attached hydrogens (primary N) is 1. The first-order valence-electron chi connectivity index (χ1n) is 7.88. The summed E-state index contributed by atoms with van der Waals surface area (Å²) in [5.74, 6) is 0.249. The van der Waals surface area contributed by atoms with Crippen molar-refractivity contribution in [2.24, 2.45) is 17.6 Å². The summed E-state index contributed by atoms with van der Waals surface area (Å²) < 4.78 is 6.12. The number of aromatic nitrogens is 1. The van der Waals surface area contributed by atoms with Gasteiger partial charge >= 0.3 is 0 Å². The van der Waals surface area contributed by atoms with E-state index < -0.39 is 11.5 Å². The lowest BCUT2D eigenvalue weighted by Crippen LogP contribution is -2.49. The maximum atomic E-state index is 11.5. The van der Waals surface area contributed by atoms with E-state index in [1.54, 1.807) is 19.4 Å². The number of primary amides is 1. The number of carbonyl (C=O) groups excluding carboxylic acids is 1. The van der Waals surface area contributed by atoms with Crippen LogP contribution in [0.2, 0.25) is 0 Å². The molecular formula is C17H27N3O2. The minimum Gasteiger partial charge on any atom is -0.373 e. The van der Waals surface area contributed by atoms with E-state index in [9.17, 15) is 4.79 Å². The fourth-order valence-corrected chi connectivity index (χ4v) is 3.98. The van der Waals surface area contributed by atoms with Gasteiger partial charge in [-0.3, -0.25) is 9.78 Å². The van der Waals surface area contributed by atoms with Crippen LogP contribution >= 0.6 is 0 Å². The van der Waals surface area contributed by atoms with E-state index in [0.29, 0.717) is 17.5 Å². The Morgan fingerprint density at radius 1 is 1.50 bits per heavy atom. The van der Waals surface area contributed by atoms with Gasteiger partial charge in [-0.15, -0.1) is 0 Å². The van der Waals surface area contributed by atoms with Crippen LogP contribution in [0.3, 0.4) is 0 Å². The number of hydrogen-bond donors (Lipinski definition) is 1. The highest BCUT2D eigenvalue weighted by atomic mass is 16.5. The van der Waals surface area contributed by atoms with Gasteiger partial charge in [0.25, 0.3) is 5.91 Å². The van der Waals surface area contributed by atoms with Crippen LogP contribution in [0.5, 0.6) is 0 Å². The molecule has 1 amide bonds. The monoisotopic (exact) mass is 305 g/mol. The lowest BCUT2D eigenvalue weighted by atomic mass is 9.65. The number of nitrogens with zero attached hydrogens (tertiary/aromatic N) is 2. The lowest BCUT2D eigenvalue weighted by Gasteiger charge is -2.49. The van der Waals surface area contributed by atoms with Gasteiger partial charge in [-0.1, -0.05) is 13.3 Å². The fourth-order valence-electron chi connectivity index (χ4n) is 3.98. The molecular weight excluding hydrogens is 278 g/mol. The Morgan fingerprint density at radius 3 is 2.82 bits per heavy atom. The Balaban J connectivity index is 2.50. The molecule has 5 heteroatoms. The number of ether oxygens (including phenoxy) is 1. The topological polar surface area (TPSA) is 68.5 Å². The van der Waals surface area contributed by atoms with Crippen molar-refractivity contribution in [2.75, 3.05) is 27.7 Å². The number of carbonyl (C=O) groups is 1. The van der Waals surface area contributed by atoms with E-state index in [1.165, 1.54) is 6.42 Å².